The third kappa shape index (κ3) is 6.48. The van der Waals surface area contributed by atoms with E-state index in [1.807, 2.05) is 0 Å². The van der Waals surface area contributed by atoms with Crippen LogP contribution in [0, 0.1) is 11.6 Å². The van der Waals surface area contributed by atoms with Crippen molar-refractivity contribution < 1.29 is 32.6 Å². The molecule has 9 nitrogen and oxygen atoms in total. The van der Waals surface area contributed by atoms with E-state index in [0.717, 1.165) is 12.1 Å². The molecule has 3 rings (SSSR count). The summed E-state index contributed by atoms with van der Waals surface area (Å²) in [5, 5.41) is 7.55. The standard InChI is InChI=1S/C23H20F2N4O5/c1-33-19-7-3-2-6-18(19)29-22-15(5-4-10-26-22)23(32)34-13-21(31)27-12-20(30)28-14-8-9-16(24)17(25)11-14/h2-11H,12-13H2,1H3,(H,26,29)(H,27,31)(H,28,30). The number of ether oxygens (including phenoxy) is 2. The Hall–Kier alpha value is -4.54. The van der Waals surface area contributed by atoms with Crippen LogP contribution in [-0.4, -0.2) is 43.0 Å². The molecule has 0 atom stereocenters. The van der Waals surface area contributed by atoms with Gasteiger partial charge in [0.05, 0.1) is 19.3 Å². The number of hydrogen-bond acceptors (Lipinski definition) is 7. The number of aromatic nitrogens is 1. The SMILES string of the molecule is COc1ccccc1Nc1ncccc1C(=O)OCC(=O)NCC(=O)Nc1ccc(F)c(F)c1. The summed E-state index contributed by atoms with van der Waals surface area (Å²) in [5.41, 5.74) is 0.677. The average Bonchev–Trinajstić information content (AvgIpc) is 2.84. The van der Waals surface area contributed by atoms with Crippen LogP contribution in [0.25, 0.3) is 0 Å². The van der Waals surface area contributed by atoms with Gasteiger partial charge in [-0.15, -0.1) is 0 Å². The molecule has 0 radical (unpaired) electrons. The molecule has 0 spiro atoms. The maximum absolute atomic E-state index is 13.2. The Labute approximate surface area is 193 Å². The summed E-state index contributed by atoms with van der Waals surface area (Å²) in [4.78, 5) is 40.5. The first-order valence-corrected chi connectivity index (χ1v) is 9.91. The van der Waals surface area contributed by atoms with E-state index in [9.17, 15) is 23.2 Å². The van der Waals surface area contributed by atoms with Crippen molar-refractivity contribution in [3.05, 3.63) is 78.0 Å². The molecular formula is C23H20F2N4O5. The van der Waals surface area contributed by atoms with Crippen molar-refractivity contribution in [1.29, 1.82) is 0 Å². The zero-order valence-electron chi connectivity index (χ0n) is 17.9. The molecule has 0 aliphatic carbocycles. The molecular weight excluding hydrogens is 450 g/mol. The molecule has 0 aliphatic rings. The van der Waals surface area contributed by atoms with Gasteiger partial charge < -0.3 is 25.4 Å². The van der Waals surface area contributed by atoms with Crippen LogP contribution >= 0.6 is 0 Å². The van der Waals surface area contributed by atoms with Gasteiger partial charge >= 0.3 is 5.97 Å². The van der Waals surface area contributed by atoms with Crippen molar-refractivity contribution in [2.75, 3.05) is 30.9 Å². The van der Waals surface area contributed by atoms with Crippen LogP contribution in [0.2, 0.25) is 0 Å². The van der Waals surface area contributed by atoms with Gasteiger partial charge in [0.25, 0.3) is 5.91 Å². The number of halogens is 2. The highest BCUT2D eigenvalue weighted by Crippen LogP contribution is 2.27. The van der Waals surface area contributed by atoms with Gasteiger partial charge in [-0.25, -0.2) is 18.6 Å². The lowest BCUT2D eigenvalue weighted by Gasteiger charge is -2.13. The number of nitrogens with zero attached hydrogens (tertiary/aromatic N) is 1. The summed E-state index contributed by atoms with van der Waals surface area (Å²) in [6.45, 7) is -1.12. The zero-order chi connectivity index (χ0) is 24.5. The number of carbonyl (C=O) groups is 3. The lowest BCUT2D eigenvalue weighted by molar-refractivity contribution is -0.126. The second-order valence-electron chi connectivity index (χ2n) is 6.75. The Morgan fingerprint density at radius 3 is 2.53 bits per heavy atom. The lowest BCUT2D eigenvalue weighted by atomic mass is 10.2. The van der Waals surface area contributed by atoms with Crippen LogP contribution < -0.4 is 20.7 Å². The molecule has 176 valence electrons. The van der Waals surface area contributed by atoms with Crippen molar-refractivity contribution >= 4 is 35.0 Å². The molecule has 0 saturated carbocycles. The predicted octanol–water partition coefficient (Wildman–Crippen LogP) is 3.02. The fourth-order valence-electron chi connectivity index (χ4n) is 2.76. The number of hydrogen-bond donors (Lipinski definition) is 3. The summed E-state index contributed by atoms with van der Waals surface area (Å²) >= 11 is 0. The average molecular weight is 470 g/mol. The summed E-state index contributed by atoms with van der Waals surface area (Å²) in [6, 6.07) is 12.9. The molecule has 3 N–H and O–H groups in total. The van der Waals surface area contributed by atoms with Crippen LogP contribution in [0.1, 0.15) is 10.4 Å². The van der Waals surface area contributed by atoms with Crippen LogP contribution in [0.5, 0.6) is 5.75 Å². The van der Waals surface area contributed by atoms with Crippen molar-refractivity contribution in [3.63, 3.8) is 0 Å². The van der Waals surface area contributed by atoms with E-state index in [4.69, 9.17) is 9.47 Å². The summed E-state index contributed by atoms with van der Waals surface area (Å²) in [5.74, 6) is -3.67. The number of methoxy groups -OCH3 is 1. The molecule has 0 unspecified atom stereocenters. The maximum atomic E-state index is 13.2. The number of pyridine rings is 1. The first-order valence-electron chi connectivity index (χ1n) is 9.91. The Bertz CT molecular complexity index is 1210. The van der Waals surface area contributed by atoms with Crippen LogP contribution in [0.4, 0.5) is 26.0 Å². The molecule has 0 aliphatic heterocycles. The number of benzene rings is 2. The molecule has 0 fully saturated rings. The van der Waals surface area contributed by atoms with Gasteiger partial charge in [0.1, 0.15) is 17.1 Å². The Balaban J connectivity index is 1.52. The van der Waals surface area contributed by atoms with Gasteiger partial charge in [-0.2, -0.15) is 0 Å². The largest absolute Gasteiger partial charge is 0.495 e. The number of para-hydroxylation sites is 2. The highest BCUT2D eigenvalue weighted by Gasteiger charge is 2.17. The van der Waals surface area contributed by atoms with E-state index >= 15 is 0 Å². The minimum absolute atomic E-state index is 0.0243. The van der Waals surface area contributed by atoms with Crippen LogP contribution in [0.15, 0.2) is 60.8 Å². The fraction of sp³-hybridized carbons (Fsp3) is 0.130. The topological polar surface area (TPSA) is 119 Å². The van der Waals surface area contributed by atoms with Crippen molar-refractivity contribution in [3.8, 4) is 5.75 Å². The van der Waals surface area contributed by atoms with E-state index in [0.29, 0.717) is 11.4 Å². The van der Waals surface area contributed by atoms with E-state index in [-0.39, 0.29) is 17.1 Å². The zero-order valence-corrected chi connectivity index (χ0v) is 17.9. The molecule has 11 heteroatoms. The van der Waals surface area contributed by atoms with Crippen molar-refractivity contribution in [2.24, 2.45) is 0 Å². The van der Waals surface area contributed by atoms with E-state index in [2.05, 4.69) is 20.9 Å². The second-order valence-corrected chi connectivity index (χ2v) is 6.75. The Kier molecular flexibility index (Phi) is 8.06. The van der Waals surface area contributed by atoms with Crippen LogP contribution in [-0.2, 0) is 14.3 Å². The Morgan fingerprint density at radius 2 is 1.76 bits per heavy atom. The minimum Gasteiger partial charge on any atom is -0.495 e. The lowest BCUT2D eigenvalue weighted by Crippen LogP contribution is -2.35. The molecule has 0 saturated heterocycles. The monoisotopic (exact) mass is 470 g/mol. The summed E-state index contributed by atoms with van der Waals surface area (Å²) in [6.07, 6.45) is 1.48. The molecule has 3 aromatic rings. The minimum atomic E-state index is -1.12. The number of amides is 2. The predicted molar refractivity (Wildman–Crippen MR) is 119 cm³/mol. The fourth-order valence-corrected chi connectivity index (χ4v) is 2.76. The van der Waals surface area contributed by atoms with E-state index in [1.165, 1.54) is 31.5 Å². The molecule has 1 heterocycles. The van der Waals surface area contributed by atoms with Gasteiger partial charge in [-0.05, 0) is 36.4 Å². The van der Waals surface area contributed by atoms with Gasteiger partial charge in [0.2, 0.25) is 5.91 Å². The van der Waals surface area contributed by atoms with Gasteiger partial charge in [-0.3, -0.25) is 9.59 Å². The molecule has 34 heavy (non-hydrogen) atoms. The van der Waals surface area contributed by atoms with Crippen LogP contribution in [0.3, 0.4) is 0 Å². The number of nitrogens with one attached hydrogen (secondary N) is 3. The Morgan fingerprint density at radius 1 is 0.971 bits per heavy atom. The maximum Gasteiger partial charge on any atom is 0.342 e. The molecule has 1 aromatic heterocycles. The number of anilines is 3. The normalized spacial score (nSPS) is 10.2. The number of rotatable bonds is 9. The highest BCUT2D eigenvalue weighted by atomic mass is 19.2. The molecule has 0 bridgehead atoms. The molecule has 2 aromatic carbocycles. The smallest absolute Gasteiger partial charge is 0.342 e. The summed E-state index contributed by atoms with van der Waals surface area (Å²) in [7, 11) is 1.50. The van der Waals surface area contributed by atoms with E-state index < -0.39 is 42.6 Å². The van der Waals surface area contributed by atoms with Gasteiger partial charge in [-0.1, -0.05) is 12.1 Å². The third-order valence-electron chi connectivity index (χ3n) is 4.37. The van der Waals surface area contributed by atoms with E-state index in [1.54, 1.807) is 24.3 Å². The number of esters is 1. The molecule has 2 amide bonds. The van der Waals surface area contributed by atoms with Gasteiger partial charge in [0.15, 0.2) is 18.2 Å². The highest BCUT2D eigenvalue weighted by molar-refractivity contribution is 5.97. The van der Waals surface area contributed by atoms with Gasteiger partial charge in [0, 0.05) is 18.0 Å². The third-order valence-corrected chi connectivity index (χ3v) is 4.37. The second kappa shape index (κ2) is 11.4. The first kappa shape index (κ1) is 24.1. The van der Waals surface area contributed by atoms with Crippen molar-refractivity contribution in [1.82, 2.24) is 10.3 Å². The first-order chi connectivity index (χ1) is 16.4. The quantitative estimate of drug-likeness (QED) is 0.412. The van der Waals surface area contributed by atoms with Crippen molar-refractivity contribution in [2.45, 2.75) is 0 Å². The number of carbonyl (C=O) groups excluding carboxylic acids is 3. The summed E-state index contributed by atoms with van der Waals surface area (Å²) < 4.78 is 36.4.